The highest BCUT2D eigenvalue weighted by Gasteiger charge is 2.11. The predicted molar refractivity (Wildman–Crippen MR) is 88.3 cm³/mol. The molecule has 0 aliphatic carbocycles. The van der Waals surface area contributed by atoms with Crippen LogP contribution in [0.1, 0.15) is 23.9 Å². The van der Waals surface area contributed by atoms with Crippen molar-refractivity contribution in [2.24, 2.45) is 0 Å². The van der Waals surface area contributed by atoms with Gasteiger partial charge in [0.1, 0.15) is 0 Å². The van der Waals surface area contributed by atoms with E-state index in [-0.39, 0.29) is 5.91 Å². The van der Waals surface area contributed by atoms with E-state index in [9.17, 15) is 4.79 Å². The summed E-state index contributed by atoms with van der Waals surface area (Å²) in [6.07, 6.45) is 4.38. The Morgan fingerprint density at radius 2 is 2.09 bits per heavy atom. The summed E-state index contributed by atoms with van der Waals surface area (Å²) in [6, 6.07) is 10.2. The Balaban J connectivity index is 2.16. The molecule has 0 saturated heterocycles. The lowest BCUT2D eigenvalue weighted by atomic mass is 10.2. The summed E-state index contributed by atoms with van der Waals surface area (Å²) >= 11 is 0. The third-order valence-electron chi connectivity index (χ3n) is 3.37. The van der Waals surface area contributed by atoms with Gasteiger partial charge in [-0.3, -0.25) is 4.79 Å². The standard InChI is InChI=1S/C18H21N3O/c1-4-8-17-16(11-19-18(22)14(2)3)20-13-21(17)12-15-9-6-5-7-10-15/h4-7,9-10,13H,1-2,8,11-12H2,3H3,(H,19,22). The minimum absolute atomic E-state index is 0.151. The minimum Gasteiger partial charge on any atom is -0.347 e. The minimum atomic E-state index is -0.151. The van der Waals surface area contributed by atoms with Gasteiger partial charge in [-0.25, -0.2) is 4.98 Å². The van der Waals surface area contributed by atoms with Gasteiger partial charge < -0.3 is 9.88 Å². The number of carbonyl (C=O) groups is 1. The van der Waals surface area contributed by atoms with Gasteiger partial charge >= 0.3 is 0 Å². The van der Waals surface area contributed by atoms with E-state index in [2.05, 4.69) is 40.2 Å². The number of aromatic nitrogens is 2. The Morgan fingerprint density at radius 1 is 1.36 bits per heavy atom. The van der Waals surface area contributed by atoms with Gasteiger partial charge in [-0.2, -0.15) is 0 Å². The van der Waals surface area contributed by atoms with Gasteiger partial charge in [0.05, 0.1) is 18.6 Å². The molecule has 0 atom stereocenters. The average Bonchev–Trinajstić information content (AvgIpc) is 2.88. The Morgan fingerprint density at radius 3 is 2.73 bits per heavy atom. The number of imidazole rings is 1. The first-order valence-corrected chi connectivity index (χ1v) is 7.23. The van der Waals surface area contributed by atoms with Gasteiger partial charge in [-0.05, 0) is 12.5 Å². The van der Waals surface area contributed by atoms with Crippen molar-refractivity contribution in [2.45, 2.75) is 26.4 Å². The van der Waals surface area contributed by atoms with Crippen LogP contribution in [0.25, 0.3) is 0 Å². The van der Waals surface area contributed by atoms with Gasteiger partial charge in [-0.15, -0.1) is 6.58 Å². The molecule has 4 nitrogen and oxygen atoms in total. The molecule has 0 aliphatic heterocycles. The van der Waals surface area contributed by atoms with Crippen molar-refractivity contribution in [1.82, 2.24) is 14.9 Å². The molecule has 0 radical (unpaired) electrons. The van der Waals surface area contributed by atoms with Crippen molar-refractivity contribution in [3.05, 3.63) is 78.4 Å². The lowest BCUT2D eigenvalue weighted by Crippen LogP contribution is -2.24. The third-order valence-corrected chi connectivity index (χ3v) is 3.37. The van der Waals surface area contributed by atoms with Crippen LogP contribution in [0, 0.1) is 0 Å². The highest BCUT2D eigenvalue weighted by molar-refractivity contribution is 5.91. The molecular weight excluding hydrogens is 274 g/mol. The van der Waals surface area contributed by atoms with Crippen molar-refractivity contribution in [1.29, 1.82) is 0 Å². The van der Waals surface area contributed by atoms with E-state index in [1.54, 1.807) is 6.92 Å². The van der Waals surface area contributed by atoms with Crippen molar-refractivity contribution < 1.29 is 4.79 Å². The summed E-state index contributed by atoms with van der Waals surface area (Å²) in [6.45, 7) is 10.3. The van der Waals surface area contributed by atoms with Gasteiger partial charge in [0.2, 0.25) is 5.91 Å². The molecule has 4 heteroatoms. The fraction of sp³-hybridized carbons (Fsp3) is 0.222. The van der Waals surface area contributed by atoms with E-state index in [4.69, 9.17) is 0 Å². The van der Waals surface area contributed by atoms with Crippen LogP contribution < -0.4 is 5.32 Å². The second-order valence-electron chi connectivity index (χ2n) is 5.21. The van der Waals surface area contributed by atoms with Crippen LogP contribution in [0.3, 0.4) is 0 Å². The molecule has 0 unspecified atom stereocenters. The maximum Gasteiger partial charge on any atom is 0.246 e. The topological polar surface area (TPSA) is 46.9 Å². The zero-order chi connectivity index (χ0) is 15.9. The molecule has 22 heavy (non-hydrogen) atoms. The third kappa shape index (κ3) is 3.95. The SMILES string of the molecule is C=CCc1c(CNC(=O)C(=C)C)ncn1Cc1ccccc1. The molecule has 1 heterocycles. The van der Waals surface area contributed by atoms with E-state index in [0.29, 0.717) is 18.5 Å². The van der Waals surface area contributed by atoms with Crippen LogP contribution in [0.2, 0.25) is 0 Å². The second kappa shape index (κ2) is 7.41. The summed E-state index contributed by atoms with van der Waals surface area (Å²) in [5.41, 5.74) is 3.64. The Bertz CT molecular complexity index is 671. The van der Waals surface area contributed by atoms with Crippen molar-refractivity contribution in [3.63, 3.8) is 0 Å². The maximum atomic E-state index is 11.6. The monoisotopic (exact) mass is 295 g/mol. The van der Waals surface area contributed by atoms with Crippen LogP contribution in [-0.4, -0.2) is 15.5 Å². The molecule has 1 amide bonds. The Kier molecular flexibility index (Phi) is 5.31. The van der Waals surface area contributed by atoms with E-state index in [0.717, 1.165) is 17.9 Å². The van der Waals surface area contributed by atoms with Crippen molar-refractivity contribution in [2.75, 3.05) is 0 Å². The first-order chi connectivity index (χ1) is 10.6. The molecular formula is C18H21N3O. The summed E-state index contributed by atoms with van der Waals surface area (Å²) in [5.74, 6) is -0.151. The summed E-state index contributed by atoms with van der Waals surface area (Å²) in [4.78, 5) is 16.1. The summed E-state index contributed by atoms with van der Waals surface area (Å²) in [5, 5.41) is 2.83. The number of allylic oxidation sites excluding steroid dienone is 1. The van der Waals surface area contributed by atoms with Gasteiger partial charge in [0.15, 0.2) is 0 Å². The molecule has 0 spiro atoms. The highest BCUT2D eigenvalue weighted by atomic mass is 16.1. The van der Waals surface area contributed by atoms with Crippen molar-refractivity contribution in [3.8, 4) is 0 Å². The Labute approximate surface area is 131 Å². The maximum absolute atomic E-state index is 11.6. The molecule has 1 aromatic heterocycles. The predicted octanol–water partition coefficient (Wildman–Crippen LogP) is 2.85. The van der Waals surface area contributed by atoms with Crippen molar-refractivity contribution >= 4 is 5.91 Å². The zero-order valence-electron chi connectivity index (χ0n) is 12.9. The number of benzene rings is 1. The zero-order valence-corrected chi connectivity index (χ0v) is 12.9. The van der Waals surface area contributed by atoms with Crippen LogP contribution in [0.4, 0.5) is 0 Å². The van der Waals surface area contributed by atoms with Crippen LogP contribution >= 0.6 is 0 Å². The van der Waals surface area contributed by atoms with Crippen LogP contribution in [0.15, 0.2) is 61.5 Å². The fourth-order valence-electron chi connectivity index (χ4n) is 2.20. The molecule has 2 aromatic rings. The number of rotatable bonds is 7. The van der Waals surface area contributed by atoms with Gasteiger partial charge in [-0.1, -0.05) is 43.0 Å². The first kappa shape index (κ1) is 15.8. The lowest BCUT2D eigenvalue weighted by Gasteiger charge is -2.09. The van der Waals surface area contributed by atoms with Gasteiger partial charge in [0, 0.05) is 24.2 Å². The van der Waals surface area contributed by atoms with Gasteiger partial charge in [0.25, 0.3) is 0 Å². The molecule has 0 bridgehead atoms. The highest BCUT2D eigenvalue weighted by Crippen LogP contribution is 2.12. The molecule has 0 aliphatic rings. The fourth-order valence-corrected chi connectivity index (χ4v) is 2.20. The quantitative estimate of drug-likeness (QED) is 0.630. The average molecular weight is 295 g/mol. The molecule has 0 fully saturated rings. The van der Waals surface area contributed by atoms with Crippen LogP contribution in [0.5, 0.6) is 0 Å². The number of nitrogens with one attached hydrogen (secondary N) is 1. The number of amides is 1. The largest absolute Gasteiger partial charge is 0.347 e. The van der Waals surface area contributed by atoms with E-state index in [1.165, 1.54) is 5.56 Å². The molecule has 1 aromatic carbocycles. The number of hydrogen-bond donors (Lipinski definition) is 1. The van der Waals surface area contributed by atoms with E-state index < -0.39 is 0 Å². The second-order valence-corrected chi connectivity index (χ2v) is 5.21. The van der Waals surface area contributed by atoms with E-state index in [1.807, 2.05) is 30.6 Å². The number of nitrogens with zero attached hydrogens (tertiary/aromatic N) is 2. The summed E-state index contributed by atoms with van der Waals surface area (Å²) in [7, 11) is 0. The molecule has 2 rings (SSSR count). The summed E-state index contributed by atoms with van der Waals surface area (Å²) < 4.78 is 2.10. The first-order valence-electron chi connectivity index (χ1n) is 7.23. The lowest BCUT2D eigenvalue weighted by molar-refractivity contribution is -0.117. The normalized spacial score (nSPS) is 10.2. The Hall–Kier alpha value is -2.62. The number of hydrogen-bond acceptors (Lipinski definition) is 2. The smallest absolute Gasteiger partial charge is 0.246 e. The molecule has 114 valence electrons. The number of carbonyl (C=O) groups excluding carboxylic acids is 1. The molecule has 1 N–H and O–H groups in total. The van der Waals surface area contributed by atoms with Crippen LogP contribution in [-0.2, 0) is 24.3 Å². The van der Waals surface area contributed by atoms with E-state index >= 15 is 0 Å². The molecule has 0 saturated carbocycles.